The maximum absolute atomic E-state index is 13.7. The van der Waals surface area contributed by atoms with Gasteiger partial charge < -0.3 is 279 Å². The van der Waals surface area contributed by atoms with Gasteiger partial charge in [-0.2, -0.15) is 0 Å². The van der Waals surface area contributed by atoms with Crippen LogP contribution in [0.1, 0.15) is 41.5 Å². The molecule has 0 aliphatic carbocycles. The van der Waals surface area contributed by atoms with Crippen LogP contribution in [-0.2, 0) is 128 Å². The average molecular weight is 2050 g/mol. The monoisotopic (exact) mass is 2050 g/mol. The molecule has 1 unspecified atom stereocenters. The van der Waals surface area contributed by atoms with E-state index >= 15 is 0 Å². The molecule has 55 atom stereocenters. The summed E-state index contributed by atoms with van der Waals surface area (Å²) in [7, 11) is 0. The molecule has 11 rings (SSSR count). The van der Waals surface area contributed by atoms with E-state index in [1.54, 1.807) is 0 Å². The van der Waals surface area contributed by atoms with E-state index < -0.39 is 446 Å². The molecule has 62 heteroatoms. The van der Waals surface area contributed by atoms with Crippen molar-refractivity contribution in [2.45, 2.75) is 379 Å². The van der Waals surface area contributed by atoms with Crippen LogP contribution < -0.4 is 31.9 Å². The number of nitrogens with one attached hydrogen (secondary N) is 6. The number of ether oxygens (including phenoxy) is 21. The van der Waals surface area contributed by atoms with E-state index in [0.717, 1.165) is 41.5 Å². The van der Waals surface area contributed by atoms with Gasteiger partial charge in [0.25, 0.3) is 0 Å². The zero-order chi connectivity index (χ0) is 103. The smallest absolute Gasteiger partial charge is 0.217 e. The van der Waals surface area contributed by atoms with Crippen molar-refractivity contribution < 1.29 is 276 Å². The molecule has 0 bridgehead atoms. The summed E-state index contributed by atoms with van der Waals surface area (Å²) in [6.07, 6.45) is -109. The third-order valence-electron chi connectivity index (χ3n) is 25.4. The highest BCUT2D eigenvalue weighted by atomic mass is 16.8. The van der Waals surface area contributed by atoms with Crippen molar-refractivity contribution in [3.05, 3.63) is 0 Å². The van der Waals surface area contributed by atoms with E-state index in [0.29, 0.717) is 0 Å². The molecule has 62 nitrogen and oxygen atoms in total. The Hall–Kier alpha value is -5.18. The summed E-state index contributed by atoms with van der Waals surface area (Å²) in [4.78, 5) is 78.8. The molecule has 140 heavy (non-hydrogen) atoms. The summed E-state index contributed by atoms with van der Waals surface area (Å²) in [5.74, 6) is -6.00. The van der Waals surface area contributed by atoms with Gasteiger partial charge in [-0.15, -0.1) is 0 Å². The van der Waals surface area contributed by atoms with E-state index in [4.69, 9.17) is 99.5 Å². The second-order valence-electron chi connectivity index (χ2n) is 35.2. The molecule has 808 valence electrons. The van der Waals surface area contributed by atoms with E-state index in [9.17, 15) is 177 Å². The van der Waals surface area contributed by atoms with Crippen LogP contribution in [0, 0.1) is 0 Å². The first-order valence-electron chi connectivity index (χ1n) is 44.6. The van der Waals surface area contributed by atoms with Gasteiger partial charge in [0.15, 0.2) is 69.2 Å². The van der Waals surface area contributed by atoms with Gasteiger partial charge in [-0.05, 0) is 0 Å². The Balaban J connectivity index is 1.05. The van der Waals surface area contributed by atoms with E-state index in [-0.39, 0.29) is 0 Å². The van der Waals surface area contributed by atoms with Gasteiger partial charge >= 0.3 is 0 Å². The third kappa shape index (κ3) is 25.7. The molecule has 11 saturated heterocycles. The minimum absolute atomic E-state index is 0.848. The Kier molecular flexibility index (Phi) is 41.7. The maximum Gasteiger partial charge on any atom is 0.217 e. The first kappa shape index (κ1) is 115. The number of carbonyl (C=O) groups is 6. The molecule has 11 aliphatic heterocycles. The SMILES string of the molecule is CC(=O)N[C@H]1[C@H](O[C@H]2[C@H](O)[C@@H](NC(C)=O)C(O)O[C@@H]2CO)O[C@H](CO)[C@@H](O[C@@H]2O[C@H](CO[C@H]3O[C@H](CO)[C@@H](O)[C@H](O)[C@@H]3O[C@@H]3O[C@H](CO)[C@@H](O[C@@H]4O[C@H](CO)[C@H](O)[C@H](O)[C@H]4O)[C@H](O)[C@H]3NC(C)=O)[C@@H](O[C@@H]3O[C@H](CO)[C@@H](O)[C@H](O)[C@H]3NC(C)=O)[C@H](O[C@H]3O[C@H](CO)[C@@H](O[C@@H]4O[C@H](CO)[C@@H](O[C@@H]5O[C@H](CO)[C@H](O)[C@H](O)[C@H]5O)[C@H](O)[C@H]4NC(C)=O)[C@H](O)[C@@H]3O[C@@H]3O[C@H](CO)[C@@H](O)[C@H](O)[C@H]3NC(C)=O)[C@@H]2O)[C@@H]1O. The van der Waals surface area contributed by atoms with Gasteiger partial charge in [0.2, 0.25) is 35.4 Å². The lowest BCUT2D eigenvalue weighted by molar-refractivity contribution is -0.413. The lowest BCUT2D eigenvalue weighted by Crippen LogP contribution is -2.72. The largest absolute Gasteiger partial charge is 0.394 e. The Bertz CT molecular complexity index is 3920. The number of aliphatic hydroxyl groups excluding tert-OH is 29. The first-order valence-corrected chi connectivity index (χ1v) is 44.6. The topological polar surface area (TPSA) is 955 Å². The minimum atomic E-state index is -2.88. The van der Waals surface area contributed by atoms with Crippen LogP contribution >= 0.6 is 0 Å². The van der Waals surface area contributed by atoms with Gasteiger partial charge in [0.05, 0.1) is 72.7 Å². The maximum atomic E-state index is 13.7. The molecule has 0 radical (unpaired) electrons. The van der Waals surface area contributed by atoms with Crippen molar-refractivity contribution in [2.24, 2.45) is 0 Å². The standard InChI is InChI=1S/C78H130N6O56/c1-18(95)79-35-48(108)59(29(12-90)121-68(35)119)132-71-38(82-21(4)98)50(110)62(32(15-93)127-71)136-76-58(118)65(138-78-67(140-70-37(81-20(3)97)47(107)42(102)25(8-86)123-70)57(117)63(33(16-94)130-78)133-72-39(83-22(5)99)49(109)60(30(13-91)128-72)134-74-55(115)52(112)43(103)26(9-87)124-74)64(137-69-36(80-19(2)96)46(106)41(101)24(7-85)122-69)34(131-76)17-120-77-66(54(114)45(105)28(11-89)126-77)139-73-40(84-23(6)100)51(111)61(31(14-92)129-73)135-75-56(116)53(113)44(104)27(10-88)125-75/h24-78,85-94,101-119H,7-17H2,1-6H3,(H,79,95)(H,80,96)(H,81,97)(H,82,98)(H,83,99)(H,84,100)/t24-,25-,26-,27-,28-,29-,30-,31-,32-,33-,34-,35-,36-,37-,38-,39-,40-,41-,42-,43+,44+,45-,46-,47-,48-,49-,50-,51-,52+,53+,54+,55-,56-,57+,58+,59-,60-,61-,62-,63-,64-,65-,66+,67+,68?,69+,70+,71+,72+,73+,74+,75+,76+,77+,78-/m1/s1. The average Bonchev–Trinajstić information content (AvgIpc) is 0.753. The van der Waals surface area contributed by atoms with E-state index in [1.165, 1.54) is 0 Å². The molecule has 0 aromatic heterocycles. The van der Waals surface area contributed by atoms with Gasteiger partial charge in [0.1, 0.15) is 268 Å². The number of carbonyl (C=O) groups excluding carboxylic acids is 6. The number of rotatable bonds is 37. The van der Waals surface area contributed by atoms with Crippen LogP contribution in [0.15, 0.2) is 0 Å². The molecule has 11 aliphatic rings. The highest BCUT2D eigenvalue weighted by molar-refractivity contribution is 5.75. The fourth-order valence-corrected chi connectivity index (χ4v) is 18.2. The third-order valence-corrected chi connectivity index (χ3v) is 25.4. The summed E-state index contributed by atoms with van der Waals surface area (Å²) >= 11 is 0. The highest BCUT2D eigenvalue weighted by Gasteiger charge is 2.64. The van der Waals surface area contributed by atoms with Crippen molar-refractivity contribution in [3.63, 3.8) is 0 Å². The first-order chi connectivity index (χ1) is 66.3. The molecule has 6 amide bonds. The van der Waals surface area contributed by atoms with Crippen LogP contribution in [-0.4, -0.2) is 594 Å². The minimum Gasteiger partial charge on any atom is -0.394 e. The number of hydrogen-bond donors (Lipinski definition) is 35. The van der Waals surface area contributed by atoms with Gasteiger partial charge in [0, 0.05) is 41.5 Å². The summed E-state index contributed by atoms with van der Waals surface area (Å²) in [6, 6.07) is -12.1. The zero-order valence-electron chi connectivity index (χ0n) is 75.5. The molecule has 35 N–H and O–H groups in total. The highest BCUT2D eigenvalue weighted by Crippen LogP contribution is 2.43. The molecule has 11 fully saturated rings. The predicted octanol–water partition coefficient (Wildman–Crippen LogP) is -24.1. The Morgan fingerprint density at radius 2 is 0.400 bits per heavy atom. The second-order valence-corrected chi connectivity index (χ2v) is 35.2. The number of amides is 6. The van der Waals surface area contributed by atoms with Crippen LogP contribution in [0.25, 0.3) is 0 Å². The quantitative estimate of drug-likeness (QED) is 0.0275. The van der Waals surface area contributed by atoms with Crippen molar-refractivity contribution in [1.29, 1.82) is 0 Å². The van der Waals surface area contributed by atoms with E-state index in [1.807, 2.05) is 0 Å². The van der Waals surface area contributed by atoms with Crippen molar-refractivity contribution in [1.82, 2.24) is 31.9 Å². The molecule has 0 spiro atoms. The predicted molar refractivity (Wildman–Crippen MR) is 432 cm³/mol. The van der Waals surface area contributed by atoms with Crippen LogP contribution in [0.4, 0.5) is 0 Å². The van der Waals surface area contributed by atoms with Gasteiger partial charge in [-0.3, -0.25) is 28.8 Å². The Morgan fingerprint density at radius 3 is 0.729 bits per heavy atom. The normalized spacial score (nSPS) is 48.1. The molecule has 0 saturated carbocycles. The Labute approximate surface area is 792 Å². The second kappa shape index (κ2) is 50.7. The lowest BCUT2D eigenvalue weighted by atomic mass is 9.93. The fraction of sp³-hybridized carbons (Fsp3) is 0.923. The summed E-state index contributed by atoms with van der Waals surface area (Å²) in [5.41, 5.74) is 0. The molecule has 11 heterocycles. The summed E-state index contributed by atoms with van der Waals surface area (Å²) in [6.45, 7) is -8.01. The van der Waals surface area contributed by atoms with Gasteiger partial charge in [-0.1, -0.05) is 0 Å². The van der Waals surface area contributed by atoms with Crippen molar-refractivity contribution >= 4 is 35.4 Å². The fourth-order valence-electron chi connectivity index (χ4n) is 18.2. The van der Waals surface area contributed by atoms with E-state index in [2.05, 4.69) is 31.9 Å². The number of aliphatic hydroxyl groups is 29. The summed E-state index contributed by atoms with van der Waals surface area (Å²) in [5, 5.41) is 344. The molecule has 0 aromatic rings. The molecule has 0 aromatic carbocycles. The van der Waals surface area contributed by atoms with Gasteiger partial charge in [-0.25, -0.2) is 0 Å². The number of hydrogen-bond acceptors (Lipinski definition) is 56. The van der Waals surface area contributed by atoms with Crippen molar-refractivity contribution in [3.8, 4) is 0 Å². The van der Waals surface area contributed by atoms with Crippen LogP contribution in [0.3, 0.4) is 0 Å². The molecular formula is C78H130N6O56. The Morgan fingerprint density at radius 1 is 0.186 bits per heavy atom. The van der Waals surface area contributed by atoms with Crippen LogP contribution in [0.5, 0.6) is 0 Å². The zero-order valence-corrected chi connectivity index (χ0v) is 75.5. The van der Waals surface area contributed by atoms with Crippen LogP contribution in [0.2, 0.25) is 0 Å². The van der Waals surface area contributed by atoms with Crippen molar-refractivity contribution in [2.75, 3.05) is 72.7 Å². The summed E-state index contributed by atoms with van der Waals surface area (Å²) < 4.78 is 129. The lowest BCUT2D eigenvalue weighted by Gasteiger charge is -2.53. The molecular weight excluding hydrogens is 1920 g/mol.